The van der Waals surface area contributed by atoms with Crippen LogP contribution in [0.4, 0.5) is 5.69 Å². The molecule has 0 fully saturated rings. The van der Waals surface area contributed by atoms with Crippen LogP contribution in [0.25, 0.3) is 10.2 Å². The number of thiazole rings is 1. The summed E-state index contributed by atoms with van der Waals surface area (Å²) in [6.45, 7) is 3.41. The first-order valence-corrected chi connectivity index (χ1v) is 9.82. The van der Waals surface area contributed by atoms with E-state index >= 15 is 0 Å². The maximum Gasteiger partial charge on any atom is 0.326 e. The highest BCUT2D eigenvalue weighted by molar-refractivity contribution is 7.16. The van der Waals surface area contributed by atoms with Gasteiger partial charge in [0, 0.05) is 17.2 Å². The Kier molecular flexibility index (Phi) is 6.26. The Morgan fingerprint density at radius 1 is 1.23 bits per heavy atom. The first kappa shape index (κ1) is 21.2. The van der Waals surface area contributed by atoms with Gasteiger partial charge in [-0.2, -0.15) is 4.99 Å². The number of methoxy groups -OCH3 is 1. The number of rotatable bonds is 6. The van der Waals surface area contributed by atoms with Gasteiger partial charge in [0.2, 0.25) is 0 Å². The van der Waals surface area contributed by atoms with Gasteiger partial charge in [0.25, 0.3) is 11.6 Å². The number of nitro benzene ring substituents is 1. The molecular formula is C20H19N3O6S. The van der Waals surface area contributed by atoms with Gasteiger partial charge in [-0.05, 0) is 38.1 Å². The number of aryl methyl sites for hydroxylation is 1. The van der Waals surface area contributed by atoms with Crippen molar-refractivity contribution in [2.75, 3.05) is 13.7 Å². The number of carbonyl (C=O) groups excluding carboxylic acids is 2. The maximum absolute atomic E-state index is 12.7. The minimum absolute atomic E-state index is 0.0880. The molecule has 0 atom stereocenters. The number of hydrogen-bond acceptors (Lipinski definition) is 7. The van der Waals surface area contributed by atoms with E-state index in [0.29, 0.717) is 16.8 Å². The summed E-state index contributed by atoms with van der Waals surface area (Å²) in [4.78, 5) is 39.8. The molecule has 0 bridgehead atoms. The average molecular weight is 429 g/mol. The van der Waals surface area contributed by atoms with Crippen molar-refractivity contribution in [2.45, 2.75) is 20.4 Å². The molecule has 0 saturated heterocycles. The molecule has 3 aromatic rings. The zero-order valence-electron chi connectivity index (χ0n) is 16.6. The maximum atomic E-state index is 12.7. The lowest BCUT2D eigenvalue weighted by atomic mass is 10.1. The van der Waals surface area contributed by atoms with Crippen LogP contribution in [-0.2, 0) is 16.1 Å². The van der Waals surface area contributed by atoms with Gasteiger partial charge in [-0.15, -0.1) is 0 Å². The summed E-state index contributed by atoms with van der Waals surface area (Å²) >= 11 is 1.20. The van der Waals surface area contributed by atoms with Gasteiger partial charge >= 0.3 is 5.97 Å². The summed E-state index contributed by atoms with van der Waals surface area (Å²) in [7, 11) is 1.54. The molecule has 0 spiro atoms. The van der Waals surface area contributed by atoms with E-state index in [1.54, 1.807) is 43.7 Å². The van der Waals surface area contributed by atoms with E-state index in [0.717, 1.165) is 4.70 Å². The Morgan fingerprint density at radius 3 is 2.67 bits per heavy atom. The molecule has 156 valence electrons. The third-order valence-electron chi connectivity index (χ3n) is 4.33. The number of ether oxygens (including phenoxy) is 2. The normalized spacial score (nSPS) is 11.5. The van der Waals surface area contributed by atoms with E-state index in [1.165, 1.54) is 29.5 Å². The first-order valence-electron chi connectivity index (χ1n) is 9.01. The largest absolute Gasteiger partial charge is 0.497 e. The quantitative estimate of drug-likeness (QED) is 0.338. The van der Waals surface area contributed by atoms with Crippen molar-refractivity contribution >= 4 is 39.1 Å². The second kappa shape index (κ2) is 8.87. The number of esters is 1. The Hall–Kier alpha value is -3.53. The van der Waals surface area contributed by atoms with E-state index in [2.05, 4.69) is 4.99 Å². The van der Waals surface area contributed by atoms with E-state index in [9.17, 15) is 19.7 Å². The highest BCUT2D eigenvalue weighted by atomic mass is 32.1. The minimum Gasteiger partial charge on any atom is -0.497 e. The number of carbonyl (C=O) groups is 2. The highest BCUT2D eigenvalue weighted by Gasteiger charge is 2.17. The van der Waals surface area contributed by atoms with Gasteiger partial charge in [-0.3, -0.25) is 19.7 Å². The summed E-state index contributed by atoms with van der Waals surface area (Å²) in [6, 6.07) is 9.48. The number of fused-ring (bicyclic) bond motifs is 1. The van der Waals surface area contributed by atoms with Crippen LogP contribution >= 0.6 is 11.3 Å². The molecule has 0 unspecified atom stereocenters. The van der Waals surface area contributed by atoms with Gasteiger partial charge in [0.05, 0.1) is 28.9 Å². The molecule has 9 nitrogen and oxygen atoms in total. The molecule has 0 aliphatic heterocycles. The molecule has 0 aliphatic carbocycles. The molecule has 0 N–H and O–H groups in total. The molecule has 0 aliphatic rings. The van der Waals surface area contributed by atoms with Crippen LogP contribution in [0.5, 0.6) is 5.75 Å². The summed E-state index contributed by atoms with van der Waals surface area (Å²) in [5.74, 6) is -0.485. The number of nitrogens with zero attached hydrogens (tertiary/aromatic N) is 3. The van der Waals surface area contributed by atoms with Crippen molar-refractivity contribution in [3.63, 3.8) is 0 Å². The number of nitro groups is 1. The molecule has 0 saturated carbocycles. The summed E-state index contributed by atoms with van der Waals surface area (Å²) < 4.78 is 12.6. The van der Waals surface area contributed by atoms with Gasteiger partial charge in [0.1, 0.15) is 12.3 Å². The molecule has 10 heteroatoms. The Bertz CT molecular complexity index is 1210. The number of hydrogen-bond donors (Lipinski definition) is 0. The van der Waals surface area contributed by atoms with E-state index in [-0.39, 0.29) is 29.2 Å². The van der Waals surface area contributed by atoms with E-state index in [4.69, 9.17) is 9.47 Å². The van der Waals surface area contributed by atoms with Crippen molar-refractivity contribution in [3.05, 3.63) is 62.4 Å². The fourth-order valence-electron chi connectivity index (χ4n) is 2.84. The predicted molar refractivity (Wildman–Crippen MR) is 111 cm³/mol. The number of amides is 1. The van der Waals surface area contributed by atoms with Crippen LogP contribution in [0, 0.1) is 17.0 Å². The predicted octanol–water partition coefficient (Wildman–Crippen LogP) is 3.23. The second-order valence-corrected chi connectivity index (χ2v) is 7.29. The lowest BCUT2D eigenvalue weighted by molar-refractivity contribution is -0.385. The van der Waals surface area contributed by atoms with Crippen LogP contribution in [0.3, 0.4) is 0 Å². The third kappa shape index (κ3) is 4.38. The van der Waals surface area contributed by atoms with Gasteiger partial charge in [0.15, 0.2) is 4.80 Å². The second-order valence-electron chi connectivity index (χ2n) is 6.28. The summed E-state index contributed by atoms with van der Waals surface area (Å²) in [5, 5.41) is 11.2. The van der Waals surface area contributed by atoms with Gasteiger partial charge in [-0.1, -0.05) is 17.4 Å². The minimum atomic E-state index is -0.644. The molecule has 0 radical (unpaired) electrons. The van der Waals surface area contributed by atoms with Crippen LogP contribution in [0.15, 0.2) is 41.4 Å². The topological polar surface area (TPSA) is 113 Å². The SMILES string of the molecule is CCOC(=O)Cn1c(=NC(=O)c2ccc(C)c([N+](=O)[O-])c2)sc2cc(OC)ccc21. The fourth-order valence-corrected chi connectivity index (χ4v) is 3.90. The summed E-state index contributed by atoms with van der Waals surface area (Å²) in [6.07, 6.45) is 0. The van der Waals surface area contributed by atoms with Crippen LogP contribution < -0.4 is 9.54 Å². The van der Waals surface area contributed by atoms with Crippen LogP contribution in [-0.4, -0.2) is 35.1 Å². The molecule has 1 amide bonds. The average Bonchev–Trinajstić information content (AvgIpc) is 3.04. The Morgan fingerprint density at radius 2 is 2.00 bits per heavy atom. The van der Waals surface area contributed by atoms with Crippen molar-refractivity contribution in [3.8, 4) is 5.75 Å². The molecule has 1 heterocycles. The zero-order valence-corrected chi connectivity index (χ0v) is 17.4. The molecule has 3 rings (SSSR count). The number of aromatic nitrogens is 1. The fraction of sp³-hybridized carbons (Fsp3) is 0.250. The Balaban J connectivity index is 2.12. The van der Waals surface area contributed by atoms with Crippen LogP contribution in [0.2, 0.25) is 0 Å². The van der Waals surface area contributed by atoms with Gasteiger partial charge in [-0.25, -0.2) is 0 Å². The lowest BCUT2D eigenvalue weighted by Crippen LogP contribution is -2.23. The van der Waals surface area contributed by atoms with Crippen molar-refractivity contribution in [1.82, 2.24) is 4.57 Å². The first-order chi connectivity index (χ1) is 14.3. The monoisotopic (exact) mass is 429 g/mol. The highest BCUT2D eigenvalue weighted by Crippen LogP contribution is 2.24. The van der Waals surface area contributed by atoms with Crippen molar-refractivity contribution < 1.29 is 24.0 Å². The van der Waals surface area contributed by atoms with Crippen molar-refractivity contribution in [1.29, 1.82) is 0 Å². The van der Waals surface area contributed by atoms with Gasteiger partial charge < -0.3 is 14.0 Å². The van der Waals surface area contributed by atoms with Crippen molar-refractivity contribution in [2.24, 2.45) is 4.99 Å². The molecular weight excluding hydrogens is 410 g/mol. The Labute approximate surface area is 175 Å². The lowest BCUT2D eigenvalue weighted by Gasteiger charge is -2.05. The smallest absolute Gasteiger partial charge is 0.326 e. The van der Waals surface area contributed by atoms with E-state index in [1.807, 2.05) is 0 Å². The van der Waals surface area contributed by atoms with Crippen LogP contribution in [0.1, 0.15) is 22.8 Å². The standard InChI is InChI=1S/C20H19N3O6S/c1-4-29-18(24)11-22-15-8-7-14(28-3)10-17(15)30-20(22)21-19(25)13-6-5-12(2)16(9-13)23(26)27/h5-10H,4,11H2,1-3H3. The summed E-state index contributed by atoms with van der Waals surface area (Å²) in [5.41, 5.74) is 1.07. The molecule has 1 aromatic heterocycles. The molecule has 30 heavy (non-hydrogen) atoms. The zero-order chi connectivity index (χ0) is 21.8. The molecule has 2 aromatic carbocycles. The van der Waals surface area contributed by atoms with E-state index < -0.39 is 16.8 Å². The number of benzene rings is 2. The third-order valence-corrected chi connectivity index (χ3v) is 5.37.